The molecule has 3 nitrogen and oxygen atoms in total. The Kier molecular flexibility index (Phi) is 5.09. The summed E-state index contributed by atoms with van der Waals surface area (Å²) in [5.41, 5.74) is 0. The van der Waals surface area contributed by atoms with Crippen LogP contribution < -0.4 is 4.74 Å². The van der Waals surface area contributed by atoms with E-state index in [0.717, 1.165) is 0 Å². The van der Waals surface area contributed by atoms with Crippen LogP contribution in [0.15, 0.2) is 18.2 Å². The Bertz CT molecular complexity index is 405. The molecule has 1 aromatic carbocycles. The van der Waals surface area contributed by atoms with Crippen molar-refractivity contribution < 1.29 is 14.3 Å². The fourth-order valence-electron chi connectivity index (χ4n) is 1.14. The first kappa shape index (κ1) is 14.1. The lowest BCUT2D eigenvalue weighted by Crippen LogP contribution is -2.28. The first-order valence-corrected chi connectivity index (χ1v) is 5.98. The second kappa shape index (κ2) is 6.12. The van der Waals surface area contributed by atoms with Crippen LogP contribution in [0.4, 0.5) is 0 Å². The molecule has 1 rings (SSSR count). The molecule has 0 spiro atoms. The highest BCUT2D eigenvalue weighted by molar-refractivity contribution is 6.35. The quantitative estimate of drug-likeness (QED) is 0.787. The van der Waals surface area contributed by atoms with Gasteiger partial charge in [-0.1, -0.05) is 23.2 Å². The minimum Gasteiger partial charge on any atom is -0.477 e. The lowest BCUT2D eigenvalue weighted by atomic mass is 10.3. The van der Waals surface area contributed by atoms with Gasteiger partial charge in [0, 0.05) is 5.02 Å². The molecule has 0 aromatic heterocycles. The van der Waals surface area contributed by atoms with Crippen molar-refractivity contribution >= 4 is 29.2 Å². The van der Waals surface area contributed by atoms with Crippen LogP contribution in [0.25, 0.3) is 0 Å². The van der Waals surface area contributed by atoms with E-state index in [0.29, 0.717) is 15.8 Å². The summed E-state index contributed by atoms with van der Waals surface area (Å²) < 4.78 is 10.4. The van der Waals surface area contributed by atoms with Gasteiger partial charge in [-0.15, -0.1) is 0 Å². The maximum atomic E-state index is 11.5. The molecule has 0 radical (unpaired) electrons. The first-order chi connectivity index (χ1) is 7.90. The number of hydrogen-bond acceptors (Lipinski definition) is 3. The fourth-order valence-corrected chi connectivity index (χ4v) is 1.59. The SMILES string of the molecule is CC(C)OC(=O)C(C)Oc1ccc(Cl)cc1Cl. The van der Waals surface area contributed by atoms with Gasteiger partial charge in [-0.2, -0.15) is 0 Å². The molecular weight excluding hydrogens is 263 g/mol. The molecule has 0 aliphatic rings. The van der Waals surface area contributed by atoms with Crippen LogP contribution in [0.1, 0.15) is 20.8 Å². The topological polar surface area (TPSA) is 35.5 Å². The zero-order valence-corrected chi connectivity index (χ0v) is 11.4. The Morgan fingerprint density at radius 1 is 1.24 bits per heavy atom. The van der Waals surface area contributed by atoms with E-state index >= 15 is 0 Å². The molecule has 17 heavy (non-hydrogen) atoms. The van der Waals surface area contributed by atoms with Crippen molar-refractivity contribution in [3.63, 3.8) is 0 Å². The van der Waals surface area contributed by atoms with Gasteiger partial charge in [0.1, 0.15) is 5.75 Å². The Morgan fingerprint density at radius 3 is 2.41 bits per heavy atom. The Labute approximate surface area is 111 Å². The molecule has 0 aliphatic carbocycles. The van der Waals surface area contributed by atoms with Crippen molar-refractivity contribution in [1.29, 1.82) is 0 Å². The molecule has 0 N–H and O–H groups in total. The van der Waals surface area contributed by atoms with Crippen LogP contribution in [0.2, 0.25) is 10.0 Å². The number of rotatable bonds is 4. The molecule has 0 aliphatic heterocycles. The minimum atomic E-state index is -0.712. The Hall–Kier alpha value is -0.930. The van der Waals surface area contributed by atoms with Crippen LogP contribution in [0, 0.1) is 0 Å². The predicted octanol–water partition coefficient (Wildman–Crippen LogP) is 3.71. The van der Waals surface area contributed by atoms with E-state index in [9.17, 15) is 4.79 Å². The highest BCUT2D eigenvalue weighted by Gasteiger charge is 2.18. The summed E-state index contributed by atoms with van der Waals surface area (Å²) >= 11 is 11.7. The zero-order chi connectivity index (χ0) is 13.0. The van der Waals surface area contributed by atoms with Gasteiger partial charge in [0.15, 0.2) is 6.10 Å². The van der Waals surface area contributed by atoms with Crippen LogP contribution in [-0.4, -0.2) is 18.2 Å². The molecule has 1 unspecified atom stereocenters. The van der Waals surface area contributed by atoms with Gasteiger partial charge < -0.3 is 9.47 Å². The van der Waals surface area contributed by atoms with Crippen LogP contribution in [-0.2, 0) is 9.53 Å². The van der Waals surface area contributed by atoms with E-state index in [1.54, 1.807) is 39.0 Å². The van der Waals surface area contributed by atoms with Crippen molar-refractivity contribution in [1.82, 2.24) is 0 Å². The molecule has 0 saturated carbocycles. The molecule has 0 heterocycles. The largest absolute Gasteiger partial charge is 0.477 e. The Morgan fingerprint density at radius 2 is 1.88 bits per heavy atom. The van der Waals surface area contributed by atoms with Crippen LogP contribution in [0.5, 0.6) is 5.75 Å². The summed E-state index contributed by atoms with van der Waals surface area (Å²) in [6, 6.07) is 4.81. The third kappa shape index (κ3) is 4.44. The van der Waals surface area contributed by atoms with Gasteiger partial charge in [0.25, 0.3) is 0 Å². The van der Waals surface area contributed by atoms with Gasteiger partial charge in [-0.3, -0.25) is 0 Å². The van der Waals surface area contributed by atoms with Gasteiger partial charge in [0.05, 0.1) is 11.1 Å². The van der Waals surface area contributed by atoms with E-state index in [-0.39, 0.29) is 6.10 Å². The van der Waals surface area contributed by atoms with E-state index in [1.165, 1.54) is 0 Å². The molecule has 1 atom stereocenters. The Balaban J connectivity index is 2.67. The predicted molar refractivity (Wildman–Crippen MR) is 67.8 cm³/mol. The van der Waals surface area contributed by atoms with Gasteiger partial charge in [-0.25, -0.2) is 4.79 Å². The second-order valence-corrected chi connectivity index (χ2v) is 4.66. The number of esters is 1. The zero-order valence-electron chi connectivity index (χ0n) is 9.87. The molecule has 1 aromatic rings. The second-order valence-electron chi connectivity index (χ2n) is 3.82. The average molecular weight is 277 g/mol. The van der Waals surface area contributed by atoms with Crippen molar-refractivity contribution in [2.45, 2.75) is 33.0 Å². The molecule has 5 heteroatoms. The molecule has 0 saturated heterocycles. The fraction of sp³-hybridized carbons (Fsp3) is 0.417. The third-order valence-corrected chi connectivity index (χ3v) is 2.41. The number of ether oxygens (including phenoxy) is 2. The minimum absolute atomic E-state index is 0.172. The third-order valence-electron chi connectivity index (χ3n) is 1.88. The lowest BCUT2D eigenvalue weighted by Gasteiger charge is -2.16. The molecular formula is C12H14Cl2O3. The highest BCUT2D eigenvalue weighted by atomic mass is 35.5. The summed E-state index contributed by atoms with van der Waals surface area (Å²) in [6.45, 7) is 5.16. The molecule has 94 valence electrons. The van der Waals surface area contributed by atoms with Crippen LogP contribution >= 0.6 is 23.2 Å². The number of carbonyl (C=O) groups is 1. The summed E-state index contributed by atoms with van der Waals surface area (Å²) in [5, 5.41) is 0.876. The van der Waals surface area contributed by atoms with E-state index in [1.807, 2.05) is 0 Å². The van der Waals surface area contributed by atoms with E-state index in [2.05, 4.69) is 0 Å². The van der Waals surface area contributed by atoms with E-state index in [4.69, 9.17) is 32.7 Å². The average Bonchev–Trinajstić information content (AvgIpc) is 2.21. The summed E-state index contributed by atoms with van der Waals surface area (Å²) in [5.74, 6) is -0.0183. The van der Waals surface area contributed by atoms with Crippen molar-refractivity contribution in [3.05, 3.63) is 28.2 Å². The number of halogens is 2. The number of hydrogen-bond donors (Lipinski definition) is 0. The standard InChI is InChI=1S/C12H14Cl2O3/c1-7(2)16-12(15)8(3)17-11-5-4-9(13)6-10(11)14/h4-8H,1-3H3. The first-order valence-electron chi connectivity index (χ1n) is 5.22. The summed E-state index contributed by atoms with van der Waals surface area (Å²) in [4.78, 5) is 11.5. The highest BCUT2D eigenvalue weighted by Crippen LogP contribution is 2.28. The summed E-state index contributed by atoms with van der Waals surface area (Å²) in [6.07, 6.45) is -0.884. The maximum Gasteiger partial charge on any atom is 0.347 e. The van der Waals surface area contributed by atoms with Crippen LogP contribution in [0.3, 0.4) is 0 Å². The molecule has 0 fully saturated rings. The molecule has 0 amide bonds. The van der Waals surface area contributed by atoms with Gasteiger partial charge >= 0.3 is 5.97 Å². The number of benzene rings is 1. The van der Waals surface area contributed by atoms with Crippen molar-refractivity contribution in [2.75, 3.05) is 0 Å². The number of carbonyl (C=O) groups excluding carboxylic acids is 1. The molecule has 0 bridgehead atoms. The van der Waals surface area contributed by atoms with Crippen molar-refractivity contribution in [2.24, 2.45) is 0 Å². The monoisotopic (exact) mass is 276 g/mol. The van der Waals surface area contributed by atoms with Gasteiger partial charge in [-0.05, 0) is 39.0 Å². The smallest absolute Gasteiger partial charge is 0.347 e. The summed E-state index contributed by atoms with van der Waals surface area (Å²) in [7, 11) is 0. The van der Waals surface area contributed by atoms with Gasteiger partial charge in [0.2, 0.25) is 0 Å². The van der Waals surface area contributed by atoms with E-state index < -0.39 is 12.1 Å². The normalized spacial score (nSPS) is 12.4. The maximum absolute atomic E-state index is 11.5. The lowest BCUT2D eigenvalue weighted by molar-refractivity contribution is -0.154. The van der Waals surface area contributed by atoms with Crippen molar-refractivity contribution in [3.8, 4) is 5.75 Å².